The molecule has 0 aliphatic heterocycles. The van der Waals surface area contributed by atoms with Gasteiger partial charge in [-0.15, -0.1) is 0 Å². The van der Waals surface area contributed by atoms with Crippen LogP contribution in [0.4, 0.5) is 11.5 Å². The molecule has 0 aliphatic rings. The molecule has 0 amide bonds. The number of aryl methyl sites for hydroxylation is 1. The summed E-state index contributed by atoms with van der Waals surface area (Å²) in [7, 11) is -3.81. The normalized spacial score (nSPS) is 11.4. The molecular formula is C13H13BrClN3O2S. The molecule has 3 N–H and O–H groups in total. The van der Waals surface area contributed by atoms with E-state index >= 15 is 0 Å². The minimum Gasteiger partial charge on any atom is -0.398 e. The third kappa shape index (κ3) is 3.48. The van der Waals surface area contributed by atoms with E-state index in [1.54, 1.807) is 26.0 Å². The quantitative estimate of drug-likeness (QED) is 0.786. The zero-order valence-electron chi connectivity index (χ0n) is 11.3. The Hall–Kier alpha value is -1.31. The van der Waals surface area contributed by atoms with Crippen molar-refractivity contribution >= 4 is 49.1 Å². The fourth-order valence-corrected chi connectivity index (χ4v) is 3.56. The molecule has 8 heteroatoms. The van der Waals surface area contributed by atoms with Gasteiger partial charge < -0.3 is 5.73 Å². The van der Waals surface area contributed by atoms with Gasteiger partial charge in [-0.25, -0.2) is 13.4 Å². The van der Waals surface area contributed by atoms with Gasteiger partial charge in [0.1, 0.15) is 5.82 Å². The molecule has 2 rings (SSSR count). The first-order valence-corrected chi connectivity index (χ1v) is 8.57. The first-order chi connectivity index (χ1) is 9.70. The molecule has 0 spiro atoms. The van der Waals surface area contributed by atoms with Crippen molar-refractivity contribution in [2.45, 2.75) is 18.7 Å². The summed E-state index contributed by atoms with van der Waals surface area (Å²) in [6.45, 7) is 3.39. The Balaban J connectivity index is 2.45. The van der Waals surface area contributed by atoms with E-state index in [9.17, 15) is 8.42 Å². The van der Waals surface area contributed by atoms with E-state index in [2.05, 4.69) is 25.6 Å². The van der Waals surface area contributed by atoms with Crippen molar-refractivity contribution in [3.63, 3.8) is 0 Å². The fraction of sp³-hybridized carbons (Fsp3) is 0.154. The van der Waals surface area contributed by atoms with Crippen molar-refractivity contribution in [2.75, 3.05) is 10.5 Å². The zero-order valence-corrected chi connectivity index (χ0v) is 14.5. The number of nitrogens with two attached hydrogens (primary N) is 1. The molecule has 0 aliphatic carbocycles. The minimum absolute atomic E-state index is 0.0369. The smallest absolute Gasteiger partial charge is 0.263 e. The van der Waals surface area contributed by atoms with Gasteiger partial charge in [-0.3, -0.25) is 4.72 Å². The maximum absolute atomic E-state index is 12.4. The largest absolute Gasteiger partial charge is 0.398 e. The van der Waals surface area contributed by atoms with E-state index in [1.165, 1.54) is 12.1 Å². The van der Waals surface area contributed by atoms with Crippen LogP contribution >= 0.6 is 27.5 Å². The average molecular weight is 391 g/mol. The van der Waals surface area contributed by atoms with Gasteiger partial charge in [-0.05, 0) is 59.6 Å². The molecule has 1 aromatic carbocycles. The second-order valence-electron chi connectivity index (χ2n) is 4.49. The summed E-state index contributed by atoms with van der Waals surface area (Å²) in [5, 5.41) is 0.262. The summed E-state index contributed by atoms with van der Waals surface area (Å²) >= 11 is 9.19. The van der Waals surface area contributed by atoms with Crippen LogP contribution < -0.4 is 10.5 Å². The summed E-state index contributed by atoms with van der Waals surface area (Å²) in [4.78, 5) is 4.19. The first-order valence-electron chi connectivity index (χ1n) is 5.92. The molecule has 112 valence electrons. The van der Waals surface area contributed by atoms with E-state index in [-0.39, 0.29) is 15.7 Å². The van der Waals surface area contributed by atoms with Crippen LogP contribution in [0.15, 0.2) is 33.6 Å². The Morgan fingerprint density at radius 2 is 1.95 bits per heavy atom. The molecule has 2 aromatic rings. The molecule has 1 heterocycles. The molecule has 0 fully saturated rings. The second-order valence-corrected chi connectivity index (χ2v) is 7.43. The van der Waals surface area contributed by atoms with Gasteiger partial charge in [-0.2, -0.15) is 0 Å². The lowest BCUT2D eigenvalue weighted by molar-refractivity contribution is 0.600. The lowest BCUT2D eigenvalue weighted by Crippen LogP contribution is -2.16. The Labute approximate surface area is 136 Å². The number of hydrogen-bond acceptors (Lipinski definition) is 4. The Morgan fingerprint density at radius 3 is 2.57 bits per heavy atom. The maximum atomic E-state index is 12.4. The van der Waals surface area contributed by atoms with Crippen molar-refractivity contribution in [1.82, 2.24) is 4.98 Å². The number of hydrogen-bond donors (Lipinski definition) is 2. The number of anilines is 2. The maximum Gasteiger partial charge on any atom is 0.263 e. The standard InChI is InChI=1S/C13H13BrClN3O2S/c1-7-11(16)5-9(15)6-12(7)21(19,20)18-13-4-3-10(14)8(2)17-13/h3-6H,16H2,1-2H3,(H,17,18). The molecule has 21 heavy (non-hydrogen) atoms. The molecule has 1 aromatic heterocycles. The predicted octanol–water partition coefficient (Wildman–Crippen LogP) is 3.50. The van der Waals surface area contributed by atoms with Gasteiger partial charge in [-0.1, -0.05) is 11.6 Å². The van der Waals surface area contributed by atoms with E-state index < -0.39 is 10.0 Å². The van der Waals surface area contributed by atoms with Crippen LogP contribution in [-0.2, 0) is 10.0 Å². The number of rotatable bonds is 3. The minimum atomic E-state index is -3.81. The number of pyridine rings is 1. The van der Waals surface area contributed by atoms with Crippen LogP contribution in [0.5, 0.6) is 0 Å². The highest BCUT2D eigenvalue weighted by Gasteiger charge is 2.20. The van der Waals surface area contributed by atoms with Crippen LogP contribution in [0.2, 0.25) is 5.02 Å². The van der Waals surface area contributed by atoms with E-state index in [1.807, 2.05) is 0 Å². The molecule has 0 saturated heterocycles. The number of halogens is 2. The number of nitrogens with one attached hydrogen (secondary N) is 1. The summed E-state index contributed by atoms with van der Waals surface area (Å²) in [5.41, 5.74) is 7.20. The highest BCUT2D eigenvalue weighted by Crippen LogP contribution is 2.27. The Bertz CT molecular complexity index is 809. The number of aromatic nitrogens is 1. The van der Waals surface area contributed by atoms with E-state index in [0.29, 0.717) is 16.9 Å². The summed E-state index contributed by atoms with van der Waals surface area (Å²) < 4.78 is 28.1. The van der Waals surface area contributed by atoms with E-state index in [4.69, 9.17) is 17.3 Å². The van der Waals surface area contributed by atoms with Crippen LogP contribution in [0, 0.1) is 13.8 Å². The zero-order chi connectivity index (χ0) is 15.8. The molecule has 0 atom stereocenters. The van der Waals surface area contributed by atoms with Crippen molar-refractivity contribution in [3.05, 3.63) is 45.0 Å². The first kappa shape index (κ1) is 16.1. The van der Waals surface area contributed by atoms with Crippen LogP contribution in [-0.4, -0.2) is 13.4 Å². The third-order valence-corrected chi connectivity index (χ3v) is 5.45. The fourth-order valence-electron chi connectivity index (χ4n) is 1.75. The Morgan fingerprint density at radius 1 is 1.29 bits per heavy atom. The molecule has 0 saturated carbocycles. The SMILES string of the molecule is Cc1nc(NS(=O)(=O)c2cc(Cl)cc(N)c2C)ccc1Br. The van der Waals surface area contributed by atoms with Crippen molar-refractivity contribution in [2.24, 2.45) is 0 Å². The highest BCUT2D eigenvalue weighted by molar-refractivity contribution is 9.10. The molecular weight excluding hydrogens is 378 g/mol. The molecule has 0 radical (unpaired) electrons. The van der Waals surface area contributed by atoms with Crippen molar-refractivity contribution in [3.8, 4) is 0 Å². The molecule has 0 unspecified atom stereocenters. The number of benzene rings is 1. The van der Waals surface area contributed by atoms with Crippen LogP contribution in [0.25, 0.3) is 0 Å². The lowest BCUT2D eigenvalue weighted by atomic mass is 10.2. The van der Waals surface area contributed by atoms with Gasteiger partial charge in [0, 0.05) is 15.2 Å². The summed E-state index contributed by atoms with van der Waals surface area (Å²) in [6, 6.07) is 6.16. The number of sulfonamides is 1. The lowest BCUT2D eigenvalue weighted by Gasteiger charge is -2.12. The van der Waals surface area contributed by atoms with Gasteiger partial charge in [0.05, 0.1) is 10.6 Å². The number of nitrogen functional groups attached to an aromatic ring is 1. The second kappa shape index (κ2) is 5.82. The third-order valence-electron chi connectivity index (χ3n) is 2.91. The van der Waals surface area contributed by atoms with Gasteiger partial charge in [0.25, 0.3) is 10.0 Å². The molecule has 0 bridgehead atoms. The predicted molar refractivity (Wildman–Crippen MR) is 88.1 cm³/mol. The van der Waals surface area contributed by atoms with Crippen LogP contribution in [0.1, 0.15) is 11.3 Å². The van der Waals surface area contributed by atoms with Gasteiger partial charge in [0.2, 0.25) is 0 Å². The molecule has 5 nitrogen and oxygen atoms in total. The van der Waals surface area contributed by atoms with Crippen LogP contribution in [0.3, 0.4) is 0 Å². The van der Waals surface area contributed by atoms with Crippen molar-refractivity contribution in [1.29, 1.82) is 0 Å². The Kier molecular flexibility index (Phi) is 4.46. The van der Waals surface area contributed by atoms with Gasteiger partial charge in [0.15, 0.2) is 0 Å². The monoisotopic (exact) mass is 389 g/mol. The highest BCUT2D eigenvalue weighted by atomic mass is 79.9. The number of nitrogens with zero attached hydrogens (tertiary/aromatic N) is 1. The van der Waals surface area contributed by atoms with E-state index in [0.717, 1.165) is 4.47 Å². The summed E-state index contributed by atoms with van der Waals surface area (Å²) in [6.07, 6.45) is 0. The summed E-state index contributed by atoms with van der Waals surface area (Å²) in [5.74, 6) is 0.230. The topological polar surface area (TPSA) is 85.1 Å². The van der Waals surface area contributed by atoms with Crippen molar-refractivity contribution < 1.29 is 8.42 Å². The average Bonchev–Trinajstić information content (AvgIpc) is 2.37. The van der Waals surface area contributed by atoms with Gasteiger partial charge >= 0.3 is 0 Å².